The van der Waals surface area contributed by atoms with Gasteiger partial charge in [-0.1, -0.05) is 12.8 Å². The van der Waals surface area contributed by atoms with Crippen molar-refractivity contribution in [3.63, 3.8) is 0 Å². The second-order valence-electron chi connectivity index (χ2n) is 5.15. The van der Waals surface area contributed by atoms with E-state index < -0.39 is 5.91 Å². The van der Waals surface area contributed by atoms with Gasteiger partial charge in [-0.05, 0) is 12.8 Å². The van der Waals surface area contributed by atoms with E-state index in [1.54, 1.807) is 11.9 Å². The molecule has 1 aliphatic heterocycles. The molecular formula is C13H22N6O2. The molecule has 0 aromatic carbocycles. The minimum Gasteiger partial charge on any atom is -0.467 e. The van der Waals surface area contributed by atoms with Crippen LogP contribution in [0.15, 0.2) is 0 Å². The van der Waals surface area contributed by atoms with E-state index >= 15 is 0 Å². The number of hydrogen-bond donors (Lipinski definition) is 1. The average molecular weight is 294 g/mol. The van der Waals surface area contributed by atoms with Crippen LogP contribution in [0.3, 0.4) is 0 Å². The Morgan fingerprint density at radius 3 is 2.48 bits per heavy atom. The van der Waals surface area contributed by atoms with Crippen LogP contribution in [0.25, 0.3) is 0 Å². The van der Waals surface area contributed by atoms with Crippen LogP contribution in [0.1, 0.15) is 25.7 Å². The van der Waals surface area contributed by atoms with Gasteiger partial charge in [0.15, 0.2) is 0 Å². The van der Waals surface area contributed by atoms with Crippen LogP contribution in [-0.2, 0) is 4.79 Å². The smallest absolute Gasteiger partial charge is 0.322 e. The zero-order valence-electron chi connectivity index (χ0n) is 12.6. The lowest BCUT2D eigenvalue weighted by Crippen LogP contribution is -2.33. The molecule has 2 heterocycles. The average Bonchev–Trinajstić information content (AvgIpc) is 2.75. The SMILES string of the molecule is COc1nc(N(C)CC(N)=O)nc(N2CCCCCC2)n1. The minimum atomic E-state index is -0.437. The molecular weight excluding hydrogens is 272 g/mol. The zero-order valence-corrected chi connectivity index (χ0v) is 12.6. The van der Waals surface area contributed by atoms with Crippen LogP contribution in [0.5, 0.6) is 6.01 Å². The van der Waals surface area contributed by atoms with Gasteiger partial charge in [0.2, 0.25) is 17.8 Å². The van der Waals surface area contributed by atoms with E-state index in [9.17, 15) is 4.79 Å². The quantitative estimate of drug-likeness (QED) is 0.827. The Labute approximate surface area is 124 Å². The first kappa shape index (κ1) is 15.3. The van der Waals surface area contributed by atoms with Crippen molar-refractivity contribution in [2.45, 2.75) is 25.7 Å². The molecule has 8 heteroatoms. The molecule has 1 aliphatic rings. The highest BCUT2D eigenvalue weighted by Crippen LogP contribution is 2.20. The third-order valence-electron chi connectivity index (χ3n) is 3.40. The predicted octanol–water partition coefficient (Wildman–Crippen LogP) is 0.182. The van der Waals surface area contributed by atoms with E-state index in [0.29, 0.717) is 11.9 Å². The summed E-state index contributed by atoms with van der Waals surface area (Å²) in [6, 6.07) is 0.246. The normalized spacial score (nSPS) is 15.4. The molecule has 1 fully saturated rings. The fourth-order valence-corrected chi connectivity index (χ4v) is 2.31. The van der Waals surface area contributed by atoms with Crippen molar-refractivity contribution < 1.29 is 9.53 Å². The van der Waals surface area contributed by atoms with Crippen molar-refractivity contribution in [1.82, 2.24) is 15.0 Å². The minimum absolute atomic E-state index is 0.0482. The second-order valence-corrected chi connectivity index (χ2v) is 5.15. The number of primary amides is 1. The molecule has 1 amide bonds. The van der Waals surface area contributed by atoms with Gasteiger partial charge in [-0.3, -0.25) is 4.79 Å². The van der Waals surface area contributed by atoms with Crippen LogP contribution in [-0.4, -0.2) is 54.7 Å². The Balaban J connectivity index is 2.25. The van der Waals surface area contributed by atoms with Gasteiger partial charge >= 0.3 is 6.01 Å². The molecule has 1 aromatic rings. The first-order valence-electron chi connectivity index (χ1n) is 7.14. The summed E-state index contributed by atoms with van der Waals surface area (Å²) in [5, 5.41) is 0. The molecule has 0 bridgehead atoms. The summed E-state index contributed by atoms with van der Waals surface area (Å²) in [5.41, 5.74) is 5.21. The monoisotopic (exact) mass is 294 g/mol. The number of likely N-dealkylation sites (N-methyl/N-ethyl adjacent to an activating group) is 1. The number of hydrogen-bond acceptors (Lipinski definition) is 7. The first-order valence-corrected chi connectivity index (χ1v) is 7.14. The van der Waals surface area contributed by atoms with E-state index in [-0.39, 0.29) is 12.6 Å². The highest BCUT2D eigenvalue weighted by molar-refractivity contribution is 5.78. The van der Waals surface area contributed by atoms with Crippen molar-refractivity contribution in [3.05, 3.63) is 0 Å². The second kappa shape index (κ2) is 7.05. The van der Waals surface area contributed by atoms with Crippen molar-refractivity contribution in [1.29, 1.82) is 0 Å². The summed E-state index contributed by atoms with van der Waals surface area (Å²) >= 11 is 0. The summed E-state index contributed by atoms with van der Waals surface area (Å²) in [5.74, 6) is 0.545. The summed E-state index contributed by atoms with van der Waals surface area (Å²) in [6.45, 7) is 1.89. The van der Waals surface area contributed by atoms with Gasteiger partial charge in [-0.25, -0.2) is 0 Å². The third kappa shape index (κ3) is 4.17. The molecule has 2 N–H and O–H groups in total. The molecule has 0 spiro atoms. The number of rotatable bonds is 5. The maximum absolute atomic E-state index is 11.0. The van der Waals surface area contributed by atoms with Gasteiger partial charge in [0, 0.05) is 20.1 Å². The molecule has 1 saturated heterocycles. The predicted molar refractivity (Wildman–Crippen MR) is 79.5 cm³/mol. The Morgan fingerprint density at radius 1 is 1.24 bits per heavy atom. The Morgan fingerprint density at radius 2 is 1.90 bits per heavy atom. The lowest BCUT2D eigenvalue weighted by Gasteiger charge is -2.22. The maximum atomic E-state index is 11.0. The Hall–Kier alpha value is -2.12. The van der Waals surface area contributed by atoms with Crippen LogP contribution in [0.4, 0.5) is 11.9 Å². The number of carbonyl (C=O) groups is 1. The van der Waals surface area contributed by atoms with Gasteiger partial charge in [-0.2, -0.15) is 15.0 Å². The largest absolute Gasteiger partial charge is 0.467 e. The van der Waals surface area contributed by atoms with Gasteiger partial charge in [0.1, 0.15) is 0 Å². The highest BCUT2D eigenvalue weighted by atomic mass is 16.5. The van der Waals surface area contributed by atoms with Crippen LogP contribution in [0.2, 0.25) is 0 Å². The number of amides is 1. The third-order valence-corrected chi connectivity index (χ3v) is 3.40. The first-order chi connectivity index (χ1) is 10.1. The topological polar surface area (TPSA) is 97.5 Å². The number of methoxy groups -OCH3 is 1. The molecule has 8 nitrogen and oxygen atoms in total. The number of anilines is 2. The van der Waals surface area contributed by atoms with Crippen LogP contribution in [0, 0.1) is 0 Å². The van der Waals surface area contributed by atoms with E-state index in [2.05, 4.69) is 19.9 Å². The van der Waals surface area contributed by atoms with Crippen LogP contribution >= 0.6 is 0 Å². The van der Waals surface area contributed by atoms with Gasteiger partial charge in [0.25, 0.3) is 0 Å². The standard InChI is InChI=1S/C13H22N6O2/c1-18(9-10(14)20)11-15-12(17-13(16-11)21-2)19-7-5-3-4-6-8-19/h3-9H2,1-2H3,(H2,14,20). The molecule has 1 aromatic heterocycles. The zero-order chi connectivity index (χ0) is 15.2. The molecule has 116 valence electrons. The Kier molecular flexibility index (Phi) is 5.13. The van der Waals surface area contributed by atoms with E-state index in [0.717, 1.165) is 25.9 Å². The maximum Gasteiger partial charge on any atom is 0.322 e. The van der Waals surface area contributed by atoms with E-state index in [1.165, 1.54) is 20.0 Å². The number of nitrogens with zero attached hydrogens (tertiary/aromatic N) is 5. The summed E-state index contributed by atoms with van der Waals surface area (Å²) in [7, 11) is 3.23. The summed E-state index contributed by atoms with van der Waals surface area (Å²) < 4.78 is 5.14. The van der Waals surface area contributed by atoms with Crippen LogP contribution < -0.4 is 20.3 Å². The summed E-state index contributed by atoms with van der Waals surface area (Å²) in [4.78, 5) is 27.7. The molecule has 0 unspecified atom stereocenters. The van der Waals surface area contributed by atoms with Gasteiger partial charge in [0.05, 0.1) is 13.7 Å². The van der Waals surface area contributed by atoms with Crippen molar-refractivity contribution in [2.24, 2.45) is 5.73 Å². The van der Waals surface area contributed by atoms with Crippen molar-refractivity contribution in [2.75, 3.05) is 43.6 Å². The van der Waals surface area contributed by atoms with Crippen molar-refractivity contribution in [3.8, 4) is 6.01 Å². The Bertz CT molecular complexity index is 488. The molecule has 0 aliphatic carbocycles. The van der Waals surface area contributed by atoms with E-state index in [1.807, 2.05) is 0 Å². The highest BCUT2D eigenvalue weighted by Gasteiger charge is 2.17. The number of carbonyl (C=O) groups excluding carboxylic acids is 1. The number of aromatic nitrogens is 3. The fraction of sp³-hybridized carbons (Fsp3) is 0.692. The van der Waals surface area contributed by atoms with E-state index in [4.69, 9.17) is 10.5 Å². The molecule has 0 atom stereocenters. The summed E-state index contributed by atoms with van der Waals surface area (Å²) in [6.07, 6.45) is 4.71. The molecule has 21 heavy (non-hydrogen) atoms. The molecule has 0 saturated carbocycles. The van der Waals surface area contributed by atoms with Gasteiger partial charge < -0.3 is 20.3 Å². The number of ether oxygens (including phenoxy) is 1. The molecule has 2 rings (SSSR count). The lowest BCUT2D eigenvalue weighted by molar-refractivity contribution is -0.116. The van der Waals surface area contributed by atoms with Gasteiger partial charge in [-0.15, -0.1) is 0 Å². The number of nitrogens with two attached hydrogens (primary N) is 1. The fourth-order valence-electron chi connectivity index (χ4n) is 2.31. The molecule has 0 radical (unpaired) electrons. The van der Waals surface area contributed by atoms with Crippen molar-refractivity contribution >= 4 is 17.8 Å². The lowest BCUT2D eigenvalue weighted by atomic mass is 10.2.